The predicted molar refractivity (Wildman–Crippen MR) is 64.5 cm³/mol. The standard InChI is InChI=1S/C11H13NOS2/c1-8-11(15-7-12-8)10(13)3-2-9-4-5-14-6-9/h4-7,10,13H,2-3H2,1H3. The molecule has 2 rings (SSSR count). The number of hydrogen-bond donors (Lipinski definition) is 1. The van der Waals surface area contributed by atoms with Gasteiger partial charge in [-0.05, 0) is 42.2 Å². The number of thiazole rings is 1. The summed E-state index contributed by atoms with van der Waals surface area (Å²) in [5.74, 6) is 0. The molecule has 0 aliphatic rings. The highest BCUT2D eigenvalue weighted by molar-refractivity contribution is 7.09. The van der Waals surface area contributed by atoms with Crippen molar-refractivity contribution in [1.29, 1.82) is 0 Å². The minimum atomic E-state index is -0.364. The van der Waals surface area contributed by atoms with E-state index in [4.69, 9.17) is 0 Å². The normalized spacial score (nSPS) is 12.9. The van der Waals surface area contributed by atoms with E-state index in [1.807, 2.05) is 6.92 Å². The van der Waals surface area contributed by atoms with E-state index in [0.29, 0.717) is 0 Å². The predicted octanol–water partition coefficient (Wildman–Crippen LogP) is 3.18. The number of nitrogens with zero attached hydrogens (tertiary/aromatic N) is 1. The van der Waals surface area contributed by atoms with Crippen molar-refractivity contribution in [2.75, 3.05) is 0 Å². The number of aliphatic hydroxyl groups is 1. The van der Waals surface area contributed by atoms with Gasteiger partial charge in [0.1, 0.15) is 0 Å². The molecule has 1 unspecified atom stereocenters. The van der Waals surface area contributed by atoms with Crippen molar-refractivity contribution in [2.24, 2.45) is 0 Å². The Bertz CT molecular complexity index is 408. The summed E-state index contributed by atoms with van der Waals surface area (Å²) in [5.41, 5.74) is 4.05. The summed E-state index contributed by atoms with van der Waals surface area (Å²) in [5, 5.41) is 14.2. The maximum atomic E-state index is 9.96. The molecule has 2 aromatic rings. The van der Waals surface area contributed by atoms with E-state index in [2.05, 4.69) is 21.8 Å². The molecular formula is C11H13NOS2. The summed E-state index contributed by atoms with van der Waals surface area (Å²) >= 11 is 3.24. The lowest BCUT2D eigenvalue weighted by Crippen LogP contribution is -1.98. The molecule has 0 aliphatic heterocycles. The van der Waals surface area contributed by atoms with Crippen LogP contribution in [0, 0.1) is 6.92 Å². The largest absolute Gasteiger partial charge is 0.387 e. The summed E-state index contributed by atoms with van der Waals surface area (Å²) in [6.07, 6.45) is 1.35. The Kier molecular flexibility index (Phi) is 3.51. The fraction of sp³-hybridized carbons (Fsp3) is 0.364. The summed E-state index contributed by atoms with van der Waals surface area (Å²) in [6.45, 7) is 1.94. The highest BCUT2D eigenvalue weighted by Gasteiger charge is 2.12. The van der Waals surface area contributed by atoms with Crippen LogP contribution >= 0.6 is 22.7 Å². The Labute approximate surface area is 97.2 Å². The Morgan fingerprint density at radius 3 is 3.00 bits per heavy atom. The van der Waals surface area contributed by atoms with Gasteiger partial charge in [-0.25, -0.2) is 4.98 Å². The van der Waals surface area contributed by atoms with Crippen molar-refractivity contribution >= 4 is 22.7 Å². The Morgan fingerprint density at radius 2 is 2.40 bits per heavy atom. The van der Waals surface area contributed by atoms with Crippen molar-refractivity contribution in [3.05, 3.63) is 38.5 Å². The molecule has 0 spiro atoms. The quantitative estimate of drug-likeness (QED) is 0.889. The van der Waals surface area contributed by atoms with Gasteiger partial charge in [-0.3, -0.25) is 0 Å². The van der Waals surface area contributed by atoms with Gasteiger partial charge in [0.25, 0.3) is 0 Å². The molecule has 0 saturated carbocycles. The minimum absolute atomic E-state index is 0.364. The fourth-order valence-electron chi connectivity index (χ4n) is 1.50. The molecule has 2 aromatic heterocycles. The van der Waals surface area contributed by atoms with Crippen molar-refractivity contribution in [3.63, 3.8) is 0 Å². The number of hydrogen-bond acceptors (Lipinski definition) is 4. The highest BCUT2D eigenvalue weighted by atomic mass is 32.1. The van der Waals surface area contributed by atoms with Crippen LogP contribution in [-0.4, -0.2) is 10.1 Å². The van der Waals surface area contributed by atoms with Gasteiger partial charge >= 0.3 is 0 Å². The van der Waals surface area contributed by atoms with E-state index in [0.717, 1.165) is 23.4 Å². The van der Waals surface area contributed by atoms with Gasteiger partial charge in [-0.1, -0.05) is 0 Å². The van der Waals surface area contributed by atoms with Crippen molar-refractivity contribution in [1.82, 2.24) is 4.98 Å². The first-order chi connectivity index (χ1) is 7.27. The average Bonchev–Trinajstić information content (AvgIpc) is 2.84. The third kappa shape index (κ3) is 2.65. The average molecular weight is 239 g/mol. The minimum Gasteiger partial charge on any atom is -0.387 e. The lowest BCUT2D eigenvalue weighted by molar-refractivity contribution is 0.170. The fourth-order valence-corrected chi connectivity index (χ4v) is 3.03. The summed E-state index contributed by atoms with van der Waals surface area (Å²) < 4.78 is 0. The molecule has 0 aliphatic carbocycles. The van der Waals surface area contributed by atoms with E-state index in [9.17, 15) is 5.11 Å². The van der Waals surface area contributed by atoms with Gasteiger partial charge in [0.2, 0.25) is 0 Å². The van der Waals surface area contributed by atoms with E-state index in [1.54, 1.807) is 16.8 Å². The molecule has 0 amide bonds. The molecule has 0 bridgehead atoms. The van der Waals surface area contributed by atoms with Crippen LogP contribution in [-0.2, 0) is 6.42 Å². The van der Waals surface area contributed by atoms with Gasteiger partial charge in [-0.15, -0.1) is 11.3 Å². The third-order valence-electron chi connectivity index (χ3n) is 2.37. The number of aliphatic hydroxyl groups excluding tert-OH is 1. The topological polar surface area (TPSA) is 33.1 Å². The first-order valence-corrected chi connectivity index (χ1v) is 6.68. The molecule has 0 radical (unpaired) electrons. The molecule has 0 saturated heterocycles. The van der Waals surface area contributed by atoms with Gasteiger partial charge < -0.3 is 5.11 Å². The van der Waals surface area contributed by atoms with Crippen LogP contribution < -0.4 is 0 Å². The van der Waals surface area contributed by atoms with E-state index >= 15 is 0 Å². The number of thiophene rings is 1. The second-order valence-electron chi connectivity index (χ2n) is 3.49. The Morgan fingerprint density at radius 1 is 1.53 bits per heavy atom. The lowest BCUT2D eigenvalue weighted by Gasteiger charge is -2.08. The number of aryl methyl sites for hydroxylation is 2. The molecule has 4 heteroatoms. The van der Waals surface area contributed by atoms with Crippen molar-refractivity contribution < 1.29 is 5.11 Å². The summed E-state index contributed by atoms with van der Waals surface area (Å²) in [6, 6.07) is 2.11. The smallest absolute Gasteiger partial charge is 0.0903 e. The SMILES string of the molecule is Cc1ncsc1C(O)CCc1ccsc1. The molecule has 0 aromatic carbocycles. The number of aromatic nitrogens is 1. The molecule has 15 heavy (non-hydrogen) atoms. The van der Waals surface area contributed by atoms with Crippen LogP contribution in [0.4, 0.5) is 0 Å². The van der Waals surface area contributed by atoms with E-state index in [1.165, 1.54) is 16.9 Å². The maximum absolute atomic E-state index is 9.96. The molecule has 2 heterocycles. The molecule has 2 nitrogen and oxygen atoms in total. The Balaban J connectivity index is 1.93. The second-order valence-corrected chi connectivity index (χ2v) is 5.15. The zero-order valence-electron chi connectivity index (χ0n) is 8.51. The third-order valence-corrected chi connectivity index (χ3v) is 4.14. The van der Waals surface area contributed by atoms with Crippen LogP contribution in [0.2, 0.25) is 0 Å². The Hall–Kier alpha value is -0.710. The molecule has 80 valence electrons. The van der Waals surface area contributed by atoms with E-state index in [-0.39, 0.29) is 6.10 Å². The first-order valence-electron chi connectivity index (χ1n) is 4.86. The second kappa shape index (κ2) is 4.88. The zero-order valence-corrected chi connectivity index (χ0v) is 10.1. The van der Waals surface area contributed by atoms with E-state index < -0.39 is 0 Å². The van der Waals surface area contributed by atoms with Crippen LogP contribution in [0.15, 0.2) is 22.3 Å². The van der Waals surface area contributed by atoms with Crippen LogP contribution in [0.25, 0.3) is 0 Å². The molecule has 0 fully saturated rings. The van der Waals surface area contributed by atoms with Gasteiger partial charge in [0.15, 0.2) is 0 Å². The van der Waals surface area contributed by atoms with Gasteiger partial charge in [-0.2, -0.15) is 11.3 Å². The van der Waals surface area contributed by atoms with Gasteiger partial charge in [0, 0.05) is 0 Å². The molecular weight excluding hydrogens is 226 g/mol. The maximum Gasteiger partial charge on any atom is 0.0903 e. The monoisotopic (exact) mass is 239 g/mol. The van der Waals surface area contributed by atoms with Crippen LogP contribution in [0.1, 0.15) is 28.7 Å². The zero-order chi connectivity index (χ0) is 10.7. The molecule has 1 atom stereocenters. The van der Waals surface area contributed by atoms with Crippen LogP contribution in [0.5, 0.6) is 0 Å². The van der Waals surface area contributed by atoms with Crippen LogP contribution in [0.3, 0.4) is 0 Å². The lowest BCUT2D eigenvalue weighted by atomic mass is 10.1. The summed E-state index contributed by atoms with van der Waals surface area (Å²) in [4.78, 5) is 5.15. The van der Waals surface area contributed by atoms with Crippen molar-refractivity contribution in [2.45, 2.75) is 25.9 Å². The molecule has 1 N–H and O–H groups in total. The van der Waals surface area contributed by atoms with Crippen molar-refractivity contribution in [3.8, 4) is 0 Å². The first kappa shape index (κ1) is 10.8. The van der Waals surface area contributed by atoms with Gasteiger partial charge in [0.05, 0.1) is 22.2 Å². The number of rotatable bonds is 4. The highest BCUT2D eigenvalue weighted by Crippen LogP contribution is 2.25. The summed E-state index contributed by atoms with van der Waals surface area (Å²) in [7, 11) is 0.